The van der Waals surface area contributed by atoms with Crippen molar-refractivity contribution in [3.05, 3.63) is 12.7 Å². The quantitative estimate of drug-likeness (QED) is 0.784. The van der Waals surface area contributed by atoms with Gasteiger partial charge < -0.3 is 9.64 Å². The van der Waals surface area contributed by atoms with E-state index < -0.39 is 0 Å². The first kappa shape index (κ1) is 14.0. The Morgan fingerprint density at radius 3 is 2.70 bits per heavy atom. The molecule has 112 valence electrons. The van der Waals surface area contributed by atoms with Crippen LogP contribution >= 0.6 is 0 Å². The lowest BCUT2D eigenvalue weighted by Gasteiger charge is -2.26. The number of likely N-dealkylation sites (tertiary alicyclic amines) is 1. The lowest BCUT2D eigenvalue weighted by atomic mass is 10.3. The van der Waals surface area contributed by atoms with Gasteiger partial charge in [-0.25, -0.2) is 4.98 Å². The summed E-state index contributed by atoms with van der Waals surface area (Å²) in [5.74, 6) is 0. The van der Waals surface area contributed by atoms with E-state index in [9.17, 15) is 0 Å². The fraction of sp³-hybridized carbons (Fsp3) is 0.857. The molecule has 0 aromatic carbocycles. The summed E-state index contributed by atoms with van der Waals surface area (Å²) in [6.07, 6.45) is 7.59. The zero-order chi connectivity index (χ0) is 13.6. The molecule has 20 heavy (non-hydrogen) atoms. The van der Waals surface area contributed by atoms with Gasteiger partial charge in [-0.1, -0.05) is 0 Å². The minimum absolute atomic E-state index is 0.367. The number of aromatic nitrogens is 3. The van der Waals surface area contributed by atoms with Crippen LogP contribution in [0.3, 0.4) is 0 Å². The summed E-state index contributed by atoms with van der Waals surface area (Å²) in [4.78, 5) is 9.05. The van der Waals surface area contributed by atoms with E-state index in [2.05, 4.69) is 19.9 Å². The predicted molar refractivity (Wildman–Crippen MR) is 76.5 cm³/mol. The fourth-order valence-corrected chi connectivity index (χ4v) is 3.13. The van der Waals surface area contributed by atoms with Crippen molar-refractivity contribution in [1.29, 1.82) is 0 Å². The van der Waals surface area contributed by atoms with Crippen LogP contribution in [0, 0.1) is 0 Å². The first-order valence-corrected chi connectivity index (χ1v) is 7.79. The van der Waals surface area contributed by atoms with Crippen LogP contribution in [0.4, 0.5) is 0 Å². The minimum atomic E-state index is 0.367. The third kappa shape index (κ3) is 4.01. The predicted octanol–water partition coefficient (Wildman–Crippen LogP) is 0.465. The van der Waals surface area contributed by atoms with Gasteiger partial charge in [0.25, 0.3) is 0 Å². The maximum Gasteiger partial charge on any atom is 0.137 e. The molecule has 0 aliphatic carbocycles. The highest BCUT2D eigenvalue weighted by Crippen LogP contribution is 2.12. The highest BCUT2D eigenvalue weighted by molar-refractivity contribution is 4.76. The summed E-state index contributed by atoms with van der Waals surface area (Å²) in [6.45, 7) is 8.62. The lowest BCUT2D eigenvalue weighted by molar-refractivity contribution is 0.0312. The van der Waals surface area contributed by atoms with E-state index in [1.807, 2.05) is 4.68 Å². The van der Waals surface area contributed by atoms with Crippen LogP contribution in [0.15, 0.2) is 12.7 Å². The Labute approximate surface area is 120 Å². The van der Waals surface area contributed by atoms with E-state index in [1.54, 1.807) is 12.7 Å². The maximum absolute atomic E-state index is 6.01. The van der Waals surface area contributed by atoms with Crippen molar-refractivity contribution in [2.24, 2.45) is 0 Å². The molecular formula is C14H25N5O. The second-order valence-electron chi connectivity index (χ2n) is 5.81. The van der Waals surface area contributed by atoms with E-state index in [4.69, 9.17) is 4.74 Å². The molecule has 1 aromatic heterocycles. The number of rotatable bonds is 5. The van der Waals surface area contributed by atoms with Gasteiger partial charge in [0.15, 0.2) is 0 Å². The van der Waals surface area contributed by atoms with Gasteiger partial charge in [0.1, 0.15) is 12.7 Å². The van der Waals surface area contributed by atoms with Crippen LogP contribution < -0.4 is 0 Å². The van der Waals surface area contributed by atoms with E-state index in [1.165, 1.54) is 25.9 Å². The average molecular weight is 279 g/mol. The Morgan fingerprint density at radius 2 is 1.90 bits per heavy atom. The van der Waals surface area contributed by atoms with Crippen LogP contribution in [0.25, 0.3) is 0 Å². The summed E-state index contributed by atoms with van der Waals surface area (Å²) in [5.41, 5.74) is 0. The zero-order valence-electron chi connectivity index (χ0n) is 12.2. The van der Waals surface area contributed by atoms with E-state index in [0.717, 1.165) is 45.8 Å². The minimum Gasteiger partial charge on any atom is -0.376 e. The molecule has 2 fully saturated rings. The van der Waals surface area contributed by atoms with E-state index in [0.29, 0.717) is 6.10 Å². The normalized spacial score (nSPS) is 25.9. The Kier molecular flexibility index (Phi) is 5.00. The van der Waals surface area contributed by atoms with Crippen molar-refractivity contribution in [3.63, 3.8) is 0 Å². The van der Waals surface area contributed by atoms with Crippen LogP contribution in [-0.2, 0) is 11.3 Å². The van der Waals surface area contributed by atoms with E-state index >= 15 is 0 Å². The maximum atomic E-state index is 6.01. The molecule has 2 saturated heterocycles. The zero-order valence-corrected chi connectivity index (χ0v) is 12.2. The molecule has 0 N–H and O–H groups in total. The molecule has 1 aromatic rings. The van der Waals surface area contributed by atoms with E-state index in [-0.39, 0.29) is 0 Å². The second kappa shape index (κ2) is 7.15. The molecular weight excluding hydrogens is 254 g/mol. The molecule has 3 rings (SSSR count). The Balaban J connectivity index is 1.46. The van der Waals surface area contributed by atoms with Gasteiger partial charge in [-0.15, -0.1) is 0 Å². The highest BCUT2D eigenvalue weighted by Gasteiger charge is 2.22. The van der Waals surface area contributed by atoms with Gasteiger partial charge in [-0.2, -0.15) is 5.10 Å². The molecule has 0 radical (unpaired) electrons. The number of hydrogen-bond acceptors (Lipinski definition) is 5. The lowest BCUT2D eigenvalue weighted by Crippen LogP contribution is -2.40. The molecule has 0 amide bonds. The summed E-state index contributed by atoms with van der Waals surface area (Å²) < 4.78 is 7.92. The molecule has 0 saturated carbocycles. The Bertz CT molecular complexity index is 377. The molecule has 1 unspecified atom stereocenters. The van der Waals surface area contributed by atoms with Gasteiger partial charge in [0, 0.05) is 32.8 Å². The molecule has 6 nitrogen and oxygen atoms in total. The van der Waals surface area contributed by atoms with Gasteiger partial charge in [-0.05, 0) is 32.4 Å². The third-order valence-corrected chi connectivity index (χ3v) is 4.21. The average Bonchev–Trinajstić information content (AvgIpc) is 3.09. The summed E-state index contributed by atoms with van der Waals surface area (Å²) in [6, 6.07) is 0. The topological polar surface area (TPSA) is 46.4 Å². The molecule has 6 heteroatoms. The van der Waals surface area contributed by atoms with Crippen LogP contribution in [0.5, 0.6) is 0 Å². The first-order chi connectivity index (χ1) is 9.90. The molecule has 3 heterocycles. The highest BCUT2D eigenvalue weighted by atomic mass is 16.5. The van der Waals surface area contributed by atoms with Crippen molar-refractivity contribution >= 4 is 0 Å². The van der Waals surface area contributed by atoms with Crippen molar-refractivity contribution in [2.75, 3.05) is 45.9 Å². The number of ether oxygens (including phenoxy) is 1. The van der Waals surface area contributed by atoms with Crippen LogP contribution in [0.1, 0.15) is 19.3 Å². The summed E-state index contributed by atoms with van der Waals surface area (Å²) in [5, 5.41) is 4.17. The number of nitrogens with zero attached hydrogens (tertiary/aromatic N) is 5. The molecule has 2 aliphatic heterocycles. The van der Waals surface area contributed by atoms with Crippen molar-refractivity contribution < 1.29 is 4.74 Å². The number of hydrogen-bond donors (Lipinski definition) is 0. The molecule has 0 bridgehead atoms. The Hall–Kier alpha value is -0.980. The van der Waals surface area contributed by atoms with Crippen molar-refractivity contribution in [2.45, 2.75) is 31.9 Å². The standard InChI is InChI=1S/C14H25N5O/c1-2-5-17(4-1)10-14-11-18(6-3-9-20-14)7-8-19-13-15-12-16-19/h12-14H,1-11H2. The van der Waals surface area contributed by atoms with Gasteiger partial charge in [-0.3, -0.25) is 9.58 Å². The second-order valence-corrected chi connectivity index (χ2v) is 5.81. The van der Waals surface area contributed by atoms with Crippen molar-refractivity contribution in [1.82, 2.24) is 24.6 Å². The van der Waals surface area contributed by atoms with Crippen LogP contribution in [-0.4, -0.2) is 76.5 Å². The first-order valence-electron chi connectivity index (χ1n) is 7.79. The molecule has 1 atom stereocenters. The summed E-state index contributed by atoms with van der Waals surface area (Å²) >= 11 is 0. The van der Waals surface area contributed by atoms with Crippen LogP contribution in [0.2, 0.25) is 0 Å². The Morgan fingerprint density at radius 1 is 1.05 bits per heavy atom. The van der Waals surface area contributed by atoms with Gasteiger partial charge >= 0.3 is 0 Å². The smallest absolute Gasteiger partial charge is 0.137 e. The monoisotopic (exact) mass is 279 g/mol. The third-order valence-electron chi connectivity index (χ3n) is 4.21. The van der Waals surface area contributed by atoms with Crippen molar-refractivity contribution in [3.8, 4) is 0 Å². The molecule has 0 spiro atoms. The van der Waals surface area contributed by atoms with Gasteiger partial charge in [0.2, 0.25) is 0 Å². The SMILES string of the molecule is c1ncn(CCN2CCCOC(CN3CCCC3)C2)n1. The fourth-order valence-electron chi connectivity index (χ4n) is 3.13. The van der Waals surface area contributed by atoms with Gasteiger partial charge in [0.05, 0.1) is 12.6 Å². The molecule has 2 aliphatic rings. The summed E-state index contributed by atoms with van der Waals surface area (Å²) in [7, 11) is 0. The largest absolute Gasteiger partial charge is 0.376 e.